The maximum atomic E-state index is 2.38. The van der Waals surface area contributed by atoms with Crippen molar-refractivity contribution in [3.63, 3.8) is 0 Å². The fourth-order valence-electron chi connectivity index (χ4n) is 5.36. The van der Waals surface area contributed by atoms with Crippen molar-refractivity contribution >= 4 is 36.5 Å². The first-order chi connectivity index (χ1) is 21.3. The highest BCUT2D eigenvalue weighted by Gasteiger charge is 2.21. The van der Waals surface area contributed by atoms with E-state index in [0.717, 1.165) is 0 Å². The van der Waals surface area contributed by atoms with Crippen LogP contribution in [0.2, 0.25) is 0 Å². The number of benzene rings is 4. The van der Waals surface area contributed by atoms with Crippen LogP contribution in [-0.2, 0) is 21.7 Å². The fourth-order valence-corrected chi connectivity index (χ4v) is 5.36. The minimum absolute atomic E-state index is 0.0844. The van der Waals surface area contributed by atoms with Crippen molar-refractivity contribution in [1.82, 2.24) is 0 Å². The highest BCUT2D eigenvalue weighted by molar-refractivity contribution is 5.79. The summed E-state index contributed by atoms with van der Waals surface area (Å²) in [7, 11) is 0. The predicted molar refractivity (Wildman–Crippen MR) is 207 cm³/mol. The van der Waals surface area contributed by atoms with Crippen LogP contribution in [0.5, 0.6) is 0 Å². The Morgan fingerprint density at radius 2 is 0.522 bits per heavy atom. The lowest BCUT2D eigenvalue weighted by Crippen LogP contribution is -2.16. The van der Waals surface area contributed by atoms with Crippen LogP contribution in [0.4, 0.5) is 0 Å². The molecule has 4 aromatic carbocycles. The Bertz CT molecular complexity index is 1560. The van der Waals surface area contributed by atoms with Gasteiger partial charge in [-0.05, 0) is 95.5 Å². The van der Waals surface area contributed by atoms with Crippen molar-refractivity contribution < 1.29 is 0 Å². The highest BCUT2D eigenvalue weighted by atomic mass is 14.3. The Morgan fingerprint density at radius 3 is 0.783 bits per heavy atom. The molecule has 46 heavy (non-hydrogen) atoms. The zero-order valence-corrected chi connectivity index (χ0v) is 30.5. The van der Waals surface area contributed by atoms with Gasteiger partial charge < -0.3 is 0 Å². The molecule has 0 aromatic heterocycles. The molecule has 0 N–H and O–H groups in total. The third-order valence-electron chi connectivity index (χ3n) is 8.58. The second-order valence-electron chi connectivity index (χ2n) is 17.0. The van der Waals surface area contributed by atoms with Crippen molar-refractivity contribution in [3.05, 3.63) is 141 Å². The van der Waals surface area contributed by atoms with E-state index < -0.39 is 0 Å². The van der Waals surface area contributed by atoms with Crippen LogP contribution in [0.1, 0.15) is 139 Å². The van der Waals surface area contributed by atoms with Crippen molar-refractivity contribution in [2.24, 2.45) is 0 Å². The van der Waals surface area contributed by atoms with Crippen LogP contribution < -0.4 is 0 Å². The van der Waals surface area contributed by atoms with Crippen molar-refractivity contribution in [2.75, 3.05) is 0 Å². The molecular formula is C46H56. The average molecular weight is 609 g/mol. The molecule has 0 aliphatic rings. The molecule has 0 saturated heterocycles. The van der Waals surface area contributed by atoms with Gasteiger partial charge in [-0.2, -0.15) is 0 Å². The third kappa shape index (κ3) is 9.80. The summed E-state index contributed by atoms with van der Waals surface area (Å²) in [5.41, 5.74) is 13.1. The quantitative estimate of drug-likeness (QED) is 0.191. The third-order valence-corrected chi connectivity index (χ3v) is 8.58. The Hall–Kier alpha value is -3.90. The summed E-state index contributed by atoms with van der Waals surface area (Å²) in [6.45, 7) is 27.6. The second kappa shape index (κ2) is 13.4. The molecule has 0 saturated carbocycles. The number of rotatable bonds is 6. The lowest BCUT2D eigenvalue weighted by atomic mass is 9.79. The molecular weight excluding hydrogens is 553 g/mol. The molecule has 0 unspecified atom stereocenters. The van der Waals surface area contributed by atoms with E-state index in [1.807, 2.05) is 0 Å². The summed E-state index contributed by atoms with van der Waals surface area (Å²) in [4.78, 5) is 0. The zero-order valence-electron chi connectivity index (χ0n) is 30.5. The Labute approximate surface area is 281 Å². The maximum Gasteiger partial charge on any atom is -0.0132 e. The first kappa shape index (κ1) is 35.0. The maximum absolute atomic E-state index is 2.38. The Morgan fingerprint density at radius 1 is 0.283 bits per heavy atom. The van der Waals surface area contributed by atoms with E-state index in [0.29, 0.717) is 0 Å². The minimum Gasteiger partial charge on any atom is -0.0622 e. The summed E-state index contributed by atoms with van der Waals surface area (Å²) >= 11 is 0. The number of hydrogen-bond acceptors (Lipinski definition) is 0. The first-order valence-electron chi connectivity index (χ1n) is 16.8. The summed E-state index contributed by atoms with van der Waals surface area (Å²) < 4.78 is 0. The van der Waals surface area contributed by atoms with Crippen LogP contribution in [0.15, 0.2) is 84.9 Å². The minimum atomic E-state index is 0.0844. The molecule has 0 nitrogen and oxygen atoms in total. The van der Waals surface area contributed by atoms with Gasteiger partial charge in [0, 0.05) is 0 Å². The van der Waals surface area contributed by atoms with Gasteiger partial charge in [-0.15, -0.1) is 0 Å². The molecule has 4 aromatic rings. The topological polar surface area (TPSA) is 0 Å². The van der Waals surface area contributed by atoms with Crippen molar-refractivity contribution in [3.8, 4) is 0 Å². The van der Waals surface area contributed by atoms with Gasteiger partial charge in [0.25, 0.3) is 0 Å². The summed E-state index contributed by atoms with van der Waals surface area (Å²) in [5, 5.41) is 0. The predicted octanol–water partition coefficient (Wildman–Crippen LogP) is 13.4. The van der Waals surface area contributed by atoms with Gasteiger partial charge in [-0.3, -0.25) is 0 Å². The average Bonchev–Trinajstić information content (AvgIpc) is 2.96. The van der Waals surface area contributed by atoms with E-state index in [1.54, 1.807) is 0 Å². The lowest BCUT2D eigenvalue weighted by Gasteiger charge is -2.25. The molecule has 0 heteroatoms. The van der Waals surface area contributed by atoms with Gasteiger partial charge in [0.05, 0.1) is 0 Å². The second-order valence-corrected chi connectivity index (χ2v) is 17.0. The van der Waals surface area contributed by atoms with Gasteiger partial charge in [0.1, 0.15) is 0 Å². The van der Waals surface area contributed by atoms with Crippen LogP contribution >= 0.6 is 0 Å². The summed E-state index contributed by atoms with van der Waals surface area (Å²) in [5.74, 6) is 0. The monoisotopic (exact) mass is 608 g/mol. The van der Waals surface area contributed by atoms with Gasteiger partial charge >= 0.3 is 0 Å². The van der Waals surface area contributed by atoms with E-state index in [2.05, 4.69) is 204 Å². The van der Waals surface area contributed by atoms with Crippen LogP contribution in [-0.4, -0.2) is 0 Å². The van der Waals surface area contributed by atoms with Gasteiger partial charge in [-0.25, -0.2) is 0 Å². The van der Waals surface area contributed by atoms with E-state index >= 15 is 0 Å². The van der Waals surface area contributed by atoms with E-state index in [4.69, 9.17) is 0 Å². The van der Waals surface area contributed by atoms with Gasteiger partial charge in [0.2, 0.25) is 0 Å². The fraction of sp³-hybridized carbons (Fsp3) is 0.348. The largest absolute Gasteiger partial charge is 0.0622 e. The van der Waals surface area contributed by atoms with Gasteiger partial charge in [0.15, 0.2) is 0 Å². The molecule has 4 rings (SSSR count). The molecule has 0 atom stereocenters. The molecule has 0 radical (unpaired) electrons. The Balaban J connectivity index is 1.79. The van der Waals surface area contributed by atoms with Crippen LogP contribution in [0.25, 0.3) is 36.5 Å². The van der Waals surface area contributed by atoms with E-state index in [1.165, 1.54) is 55.6 Å². The molecule has 0 heterocycles. The Kier molecular flexibility index (Phi) is 10.2. The van der Waals surface area contributed by atoms with Gasteiger partial charge in [-0.1, -0.05) is 186 Å². The standard InChI is InChI=1S/C46H56/c1-43(2,3)39-27-37(28-40(31-39)44(4,5)6)22-20-35-24-34(19-18-33-16-14-13-15-17-33)25-36(26-35)21-23-38-29-41(45(7,8)9)32-42(30-38)46(10,11)12/h13-32H,1-12H3. The van der Waals surface area contributed by atoms with Crippen molar-refractivity contribution in [1.29, 1.82) is 0 Å². The molecule has 0 aliphatic carbocycles. The molecule has 0 spiro atoms. The SMILES string of the molecule is CC(C)(C)c1cc(C=Cc2cc(C=Cc3ccccc3)cc(C=Cc3cc(C(C)(C)C)cc(C(C)(C)C)c3)c2)cc(C(C)(C)C)c1. The normalized spacial score (nSPS) is 13.4. The highest BCUT2D eigenvalue weighted by Crippen LogP contribution is 2.33. The van der Waals surface area contributed by atoms with E-state index in [-0.39, 0.29) is 21.7 Å². The smallest absolute Gasteiger partial charge is 0.0132 e. The summed E-state index contributed by atoms with van der Waals surface area (Å²) in [6.07, 6.45) is 13.5. The van der Waals surface area contributed by atoms with E-state index in [9.17, 15) is 0 Å². The van der Waals surface area contributed by atoms with Crippen LogP contribution in [0, 0.1) is 0 Å². The van der Waals surface area contributed by atoms with Crippen LogP contribution in [0.3, 0.4) is 0 Å². The molecule has 0 amide bonds. The first-order valence-corrected chi connectivity index (χ1v) is 16.8. The lowest BCUT2D eigenvalue weighted by molar-refractivity contribution is 0.568. The number of hydrogen-bond donors (Lipinski definition) is 0. The molecule has 240 valence electrons. The zero-order chi connectivity index (χ0) is 33.9. The van der Waals surface area contributed by atoms with Crippen molar-refractivity contribution in [2.45, 2.75) is 105 Å². The molecule has 0 aliphatic heterocycles. The molecule has 0 fully saturated rings. The summed E-state index contributed by atoms with van der Waals surface area (Å²) in [6, 6.07) is 31.5. The molecule has 0 bridgehead atoms.